The third-order valence-electron chi connectivity index (χ3n) is 1.99. The third kappa shape index (κ3) is 3.72. The van der Waals surface area contributed by atoms with Gasteiger partial charge in [-0.2, -0.15) is 0 Å². The maximum atomic E-state index is 11.2. The van der Waals surface area contributed by atoms with Crippen molar-refractivity contribution in [2.24, 2.45) is 0 Å². The molecule has 0 spiro atoms. The van der Waals surface area contributed by atoms with E-state index in [2.05, 4.69) is 10.1 Å². The highest BCUT2D eigenvalue weighted by Gasteiger charge is 2.11. The van der Waals surface area contributed by atoms with Crippen molar-refractivity contribution in [2.75, 3.05) is 18.5 Å². The highest BCUT2D eigenvalue weighted by atomic mass is 16.6. The van der Waals surface area contributed by atoms with Gasteiger partial charge in [0.05, 0.1) is 17.2 Å². The normalized spacial score (nSPS) is 9.76. The van der Waals surface area contributed by atoms with Gasteiger partial charge in [0.2, 0.25) is 0 Å². The Bertz CT molecular complexity index is 433. The fourth-order valence-electron chi connectivity index (χ4n) is 1.14. The lowest BCUT2D eigenvalue weighted by molar-refractivity contribution is -0.384. The summed E-state index contributed by atoms with van der Waals surface area (Å²) in [4.78, 5) is 21.2. The molecule has 7 nitrogen and oxygen atoms in total. The van der Waals surface area contributed by atoms with Gasteiger partial charge in [-0.25, -0.2) is 4.79 Å². The molecule has 0 bridgehead atoms. The van der Waals surface area contributed by atoms with Crippen LogP contribution in [-0.2, 0) is 4.74 Å². The number of rotatable bonds is 4. The molecule has 0 saturated heterocycles. The maximum Gasteiger partial charge on any atom is 0.411 e. The number of anilines is 1. The molecule has 0 fully saturated rings. The van der Waals surface area contributed by atoms with E-state index in [1.165, 1.54) is 18.2 Å². The standard InChI is InChI=1S/C10H12N2O5/c1-7-2-3-8(12(15)16)6-9(7)11-10(14)17-5-4-13/h2-3,6,13H,4-5H2,1H3,(H,11,14). The highest BCUT2D eigenvalue weighted by molar-refractivity contribution is 5.86. The Labute approximate surface area is 97.2 Å². The number of aryl methyl sites for hydroxylation is 1. The quantitative estimate of drug-likeness (QED) is 0.612. The largest absolute Gasteiger partial charge is 0.447 e. The number of hydrogen-bond acceptors (Lipinski definition) is 5. The number of ether oxygens (including phenoxy) is 1. The van der Waals surface area contributed by atoms with Gasteiger partial charge in [0.1, 0.15) is 6.61 Å². The Hall–Kier alpha value is -2.15. The number of nitro benzene ring substituents is 1. The SMILES string of the molecule is Cc1ccc([N+](=O)[O-])cc1NC(=O)OCCO. The van der Waals surface area contributed by atoms with Gasteiger partial charge < -0.3 is 9.84 Å². The van der Waals surface area contributed by atoms with Crippen LogP contribution in [0.25, 0.3) is 0 Å². The number of non-ortho nitro benzene ring substituents is 1. The summed E-state index contributed by atoms with van der Waals surface area (Å²) in [6, 6.07) is 4.12. The summed E-state index contributed by atoms with van der Waals surface area (Å²) in [7, 11) is 0. The van der Waals surface area contributed by atoms with Crippen LogP contribution >= 0.6 is 0 Å². The smallest absolute Gasteiger partial charge is 0.411 e. The van der Waals surface area contributed by atoms with Gasteiger partial charge in [0, 0.05) is 12.1 Å². The lowest BCUT2D eigenvalue weighted by Crippen LogP contribution is -2.16. The van der Waals surface area contributed by atoms with E-state index in [1.54, 1.807) is 6.92 Å². The van der Waals surface area contributed by atoms with E-state index < -0.39 is 11.0 Å². The minimum absolute atomic E-state index is 0.118. The van der Waals surface area contributed by atoms with Crippen LogP contribution in [0.3, 0.4) is 0 Å². The fraction of sp³-hybridized carbons (Fsp3) is 0.300. The van der Waals surface area contributed by atoms with E-state index in [0.717, 1.165) is 0 Å². The number of nitrogens with zero attached hydrogens (tertiary/aromatic N) is 1. The topological polar surface area (TPSA) is 102 Å². The molecular weight excluding hydrogens is 228 g/mol. The molecule has 1 aromatic carbocycles. The number of nitrogens with one attached hydrogen (secondary N) is 1. The first kappa shape index (κ1) is 12.9. The van der Waals surface area contributed by atoms with E-state index >= 15 is 0 Å². The first-order chi connectivity index (χ1) is 8.04. The summed E-state index contributed by atoms with van der Waals surface area (Å²) in [6.07, 6.45) is -0.761. The van der Waals surface area contributed by atoms with Gasteiger partial charge in [-0.3, -0.25) is 15.4 Å². The zero-order valence-corrected chi connectivity index (χ0v) is 9.17. The molecule has 92 valence electrons. The van der Waals surface area contributed by atoms with Crippen LogP contribution in [0.15, 0.2) is 18.2 Å². The molecule has 0 aliphatic carbocycles. The minimum atomic E-state index is -0.761. The van der Waals surface area contributed by atoms with Crippen molar-refractivity contribution in [1.29, 1.82) is 0 Å². The van der Waals surface area contributed by atoms with Crippen LogP contribution in [0.4, 0.5) is 16.2 Å². The second-order valence-corrected chi connectivity index (χ2v) is 3.24. The second-order valence-electron chi connectivity index (χ2n) is 3.24. The molecule has 0 unspecified atom stereocenters. The summed E-state index contributed by atoms with van der Waals surface area (Å²) in [5, 5.41) is 21.4. The summed E-state index contributed by atoms with van der Waals surface area (Å²) in [5.74, 6) is 0. The van der Waals surface area contributed by atoms with Crippen molar-refractivity contribution < 1.29 is 19.6 Å². The Morgan fingerprint density at radius 2 is 2.29 bits per heavy atom. The van der Waals surface area contributed by atoms with Crippen molar-refractivity contribution in [3.05, 3.63) is 33.9 Å². The first-order valence-electron chi connectivity index (χ1n) is 4.84. The highest BCUT2D eigenvalue weighted by Crippen LogP contribution is 2.21. The molecule has 0 radical (unpaired) electrons. The zero-order chi connectivity index (χ0) is 12.8. The van der Waals surface area contributed by atoms with E-state index in [0.29, 0.717) is 11.3 Å². The number of aliphatic hydroxyl groups is 1. The number of hydrogen-bond donors (Lipinski definition) is 2. The molecule has 2 N–H and O–H groups in total. The van der Waals surface area contributed by atoms with Crippen molar-refractivity contribution in [3.63, 3.8) is 0 Å². The molecule has 0 atom stereocenters. The number of amides is 1. The van der Waals surface area contributed by atoms with Crippen LogP contribution in [0.5, 0.6) is 0 Å². The van der Waals surface area contributed by atoms with E-state index in [4.69, 9.17) is 5.11 Å². The molecule has 17 heavy (non-hydrogen) atoms. The summed E-state index contributed by atoms with van der Waals surface area (Å²) >= 11 is 0. The molecule has 0 heterocycles. The van der Waals surface area contributed by atoms with E-state index in [9.17, 15) is 14.9 Å². The summed E-state index contributed by atoms with van der Waals surface area (Å²) < 4.78 is 4.58. The predicted octanol–water partition coefficient (Wildman–Crippen LogP) is 1.44. The molecular formula is C10H12N2O5. The van der Waals surface area contributed by atoms with E-state index in [-0.39, 0.29) is 18.9 Å². The van der Waals surface area contributed by atoms with E-state index in [1.807, 2.05) is 0 Å². The maximum absolute atomic E-state index is 11.2. The van der Waals surface area contributed by atoms with Crippen LogP contribution in [0.2, 0.25) is 0 Å². The minimum Gasteiger partial charge on any atom is -0.447 e. The average molecular weight is 240 g/mol. The molecule has 0 aliphatic rings. The average Bonchev–Trinajstić information content (AvgIpc) is 2.29. The monoisotopic (exact) mass is 240 g/mol. The number of carbonyl (C=O) groups excluding carboxylic acids is 1. The Kier molecular flexibility index (Phi) is 4.41. The molecule has 1 aromatic rings. The number of nitro groups is 1. The van der Waals surface area contributed by atoms with Crippen molar-refractivity contribution in [2.45, 2.75) is 6.92 Å². The molecule has 1 rings (SSSR count). The molecule has 1 amide bonds. The Balaban J connectivity index is 2.79. The Morgan fingerprint density at radius 1 is 1.59 bits per heavy atom. The fourth-order valence-corrected chi connectivity index (χ4v) is 1.14. The zero-order valence-electron chi connectivity index (χ0n) is 9.17. The predicted molar refractivity (Wildman–Crippen MR) is 59.9 cm³/mol. The summed E-state index contributed by atoms with van der Waals surface area (Å²) in [6.45, 7) is 1.30. The van der Waals surface area contributed by atoms with Crippen LogP contribution in [-0.4, -0.2) is 29.3 Å². The van der Waals surface area contributed by atoms with Gasteiger partial charge in [-0.05, 0) is 12.5 Å². The number of aliphatic hydroxyl groups excluding tert-OH is 1. The van der Waals surface area contributed by atoms with Gasteiger partial charge in [0.25, 0.3) is 5.69 Å². The van der Waals surface area contributed by atoms with Crippen LogP contribution in [0.1, 0.15) is 5.56 Å². The number of carbonyl (C=O) groups is 1. The first-order valence-corrected chi connectivity index (χ1v) is 4.84. The summed E-state index contributed by atoms with van der Waals surface area (Å²) in [5.41, 5.74) is 0.867. The second kappa shape index (κ2) is 5.80. The third-order valence-corrected chi connectivity index (χ3v) is 1.99. The lowest BCUT2D eigenvalue weighted by Gasteiger charge is -2.08. The lowest BCUT2D eigenvalue weighted by atomic mass is 10.2. The number of benzene rings is 1. The molecule has 7 heteroatoms. The van der Waals surface area contributed by atoms with Gasteiger partial charge in [-0.15, -0.1) is 0 Å². The molecule has 0 saturated carbocycles. The van der Waals surface area contributed by atoms with Crippen molar-refractivity contribution in [1.82, 2.24) is 0 Å². The van der Waals surface area contributed by atoms with Crippen molar-refractivity contribution >= 4 is 17.5 Å². The van der Waals surface area contributed by atoms with Gasteiger partial charge >= 0.3 is 6.09 Å². The van der Waals surface area contributed by atoms with Gasteiger partial charge in [-0.1, -0.05) is 6.07 Å². The molecule has 0 aromatic heterocycles. The van der Waals surface area contributed by atoms with Crippen LogP contribution < -0.4 is 5.32 Å². The van der Waals surface area contributed by atoms with Crippen molar-refractivity contribution in [3.8, 4) is 0 Å². The van der Waals surface area contributed by atoms with Crippen LogP contribution in [0, 0.1) is 17.0 Å². The Morgan fingerprint density at radius 3 is 2.88 bits per heavy atom. The van der Waals surface area contributed by atoms with Gasteiger partial charge in [0.15, 0.2) is 0 Å². The molecule has 0 aliphatic heterocycles.